The Kier molecular flexibility index (Phi) is 3.21. The molecule has 3 nitrogen and oxygen atoms in total. The molecule has 2 heterocycles. The fraction of sp³-hybridized carbons (Fsp3) is 0.600. The van der Waals surface area contributed by atoms with E-state index in [1.165, 1.54) is 24.8 Å². The third kappa shape index (κ3) is 2.02. The molecule has 1 aliphatic carbocycles. The molecule has 19 heavy (non-hydrogen) atoms. The molecular formula is C15H21N3S. The van der Waals surface area contributed by atoms with Crippen molar-refractivity contribution in [2.24, 2.45) is 11.8 Å². The number of rotatable bonds is 2. The number of aromatic nitrogens is 3. The second-order valence-corrected chi connectivity index (χ2v) is 6.24. The van der Waals surface area contributed by atoms with Gasteiger partial charge in [-0.25, -0.2) is 4.98 Å². The average Bonchev–Trinajstić information content (AvgIpc) is 2.88. The lowest BCUT2D eigenvalue weighted by Crippen LogP contribution is -2.16. The third-order valence-electron chi connectivity index (χ3n) is 4.73. The molecule has 3 unspecified atom stereocenters. The zero-order valence-corrected chi connectivity index (χ0v) is 12.6. The minimum Gasteiger partial charge on any atom is -0.329 e. The number of pyridine rings is 1. The van der Waals surface area contributed by atoms with Crippen molar-refractivity contribution >= 4 is 23.4 Å². The van der Waals surface area contributed by atoms with Gasteiger partial charge in [0, 0.05) is 12.2 Å². The Labute approximate surface area is 119 Å². The Morgan fingerprint density at radius 3 is 2.95 bits per heavy atom. The van der Waals surface area contributed by atoms with Gasteiger partial charge in [-0.3, -0.25) is 4.57 Å². The first-order chi connectivity index (χ1) is 9.11. The van der Waals surface area contributed by atoms with E-state index in [1.54, 1.807) is 0 Å². The van der Waals surface area contributed by atoms with Crippen LogP contribution in [0.5, 0.6) is 0 Å². The van der Waals surface area contributed by atoms with Gasteiger partial charge in [-0.15, -0.1) is 0 Å². The molecule has 1 saturated carbocycles. The van der Waals surface area contributed by atoms with E-state index in [0.29, 0.717) is 12.0 Å². The molecule has 3 atom stereocenters. The van der Waals surface area contributed by atoms with Crippen molar-refractivity contribution in [3.63, 3.8) is 0 Å². The normalized spacial score (nSPS) is 27.2. The van der Waals surface area contributed by atoms with Crippen LogP contribution in [0.4, 0.5) is 0 Å². The number of aromatic amines is 1. The first-order valence-corrected chi connectivity index (χ1v) is 7.59. The summed E-state index contributed by atoms with van der Waals surface area (Å²) >= 11 is 5.53. The molecule has 1 fully saturated rings. The molecule has 0 aromatic carbocycles. The minimum atomic E-state index is 0.501. The quantitative estimate of drug-likeness (QED) is 0.824. The zero-order valence-electron chi connectivity index (χ0n) is 11.8. The molecule has 0 bridgehead atoms. The molecule has 2 aromatic heterocycles. The molecule has 1 aliphatic rings. The van der Waals surface area contributed by atoms with Gasteiger partial charge in [0.2, 0.25) is 0 Å². The summed E-state index contributed by atoms with van der Waals surface area (Å²) in [6.45, 7) is 6.71. The van der Waals surface area contributed by atoms with Gasteiger partial charge < -0.3 is 4.98 Å². The van der Waals surface area contributed by atoms with E-state index < -0.39 is 0 Å². The number of imidazole rings is 1. The largest absolute Gasteiger partial charge is 0.329 e. The van der Waals surface area contributed by atoms with E-state index in [0.717, 1.165) is 21.9 Å². The lowest BCUT2D eigenvalue weighted by molar-refractivity contribution is 0.331. The fourth-order valence-corrected chi connectivity index (χ4v) is 3.92. The number of aryl methyl sites for hydroxylation is 1. The lowest BCUT2D eigenvalue weighted by atomic mass is 9.93. The van der Waals surface area contributed by atoms with Gasteiger partial charge in [-0.1, -0.05) is 20.3 Å². The first kappa shape index (κ1) is 12.9. The van der Waals surface area contributed by atoms with Crippen LogP contribution >= 0.6 is 12.2 Å². The van der Waals surface area contributed by atoms with Crippen molar-refractivity contribution in [1.82, 2.24) is 14.5 Å². The highest BCUT2D eigenvalue weighted by atomic mass is 32.1. The van der Waals surface area contributed by atoms with E-state index in [1.807, 2.05) is 6.20 Å². The number of hydrogen-bond donors (Lipinski definition) is 1. The number of nitrogens with one attached hydrogen (secondary N) is 1. The second kappa shape index (κ2) is 4.75. The van der Waals surface area contributed by atoms with Crippen molar-refractivity contribution in [1.29, 1.82) is 0 Å². The minimum absolute atomic E-state index is 0.501. The van der Waals surface area contributed by atoms with Gasteiger partial charge in [-0.2, -0.15) is 0 Å². The highest BCUT2D eigenvalue weighted by Crippen LogP contribution is 2.42. The van der Waals surface area contributed by atoms with Crippen LogP contribution in [0, 0.1) is 23.5 Å². The summed E-state index contributed by atoms with van der Waals surface area (Å²) in [6, 6.07) is 2.63. The summed E-state index contributed by atoms with van der Waals surface area (Å²) in [4.78, 5) is 7.91. The van der Waals surface area contributed by atoms with Crippen molar-refractivity contribution < 1.29 is 0 Å². The van der Waals surface area contributed by atoms with Gasteiger partial charge in [0.1, 0.15) is 0 Å². The first-order valence-electron chi connectivity index (χ1n) is 7.18. The summed E-state index contributed by atoms with van der Waals surface area (Å²) in [5, 5.41) is 0. The van der Waals surface area contributed by atoms with Gasteiger partial charge in [0.05, 0.1) is 5.52 Å². The van der Waals surface area contributed by atoms with Crippen molar-refractivity contribution in [3.05, 3.63) is 22.6 Å². The Hall–Kier alpha value is -1.16. The molecule has 1 N–H and O–H groups in total. The summed E-state index contributed by atoms with van der Waals surface area (Å²) in [5.74, 6) is 1.50. The van der Waals surface area contributed by atoms with Crippen LogP contribution in [-0.4, -0.2) is 14.5 Å². The molecule has 102 valence electrons. The Balaban J connectivity index is 2.11. The summed E-state index contributed by atoms with van der Waals surface area (Å²) < 4.78 is 3.08. The molecule has 4 heteroatoms. The maximum Gasteiger partial charge on any atom is 0.179 e. The Bertz CT molecular complexity index is 655. The predicted molar refractivity (Wildman–Crippen MR) is 80.9 cm³/mol. The SMILES string of the molecule is CCC1CCC(n2c(=S)[nH]c3cc(C)cnc32)C1C. The molecule has 0 radical (unpaired) electrons. The summed E-state index contributed by atoms with van der Waals surface area (Å²) in [7, 11) is 0. The van der Waals surface area contributed by atoms with Crippen molar-refractivity contribution in [3.8, 4) is 0 Å². The van der Waals surface area contributed by atoms with E-state index >= 15 is 0 Å². The van der Waals surface area contributed by atoms with Gasteiger partial charge in [0.25, 0.3) is 0 Å². The monoisotopic (exact) mass is 275 g/mol. The van der Waals surface area contributed by atoms with E-state index in [-0.39, 0.29) is 0 Å². The van der Waals surface area contributed by atoms with Crippen molar-refractivity contribution in [2.75, 3.05) is 0 Å². The highest BCUT2D eigenvalue weighted by Gasteiger charge is 2.34. The molecule has 3 rings (SSSR count). The maximum atomic E-state index is 5.53. The van der Waals surface area contributed by atoms with E-state index in [2.05, 4.69) is 41.4 Å². The molecule has 0 amide bonds. The zero-order chi connectivity index (χ0) is 13.6. The number of hydrogen-bond acceptors (Lipinski definition) is 2. The van der Waals surface area contributed by atoms with Crippen LogP contribution in [0.25, 0.3) is 11.2 Å². The molecule has 0 saturated heterocycles. The third-order valence-corrected chi connectivity index (χ3v) is 5.03. The van der Waals surface area contributed by atoms with Crippen LogP contribution in [0.1, 0.15) is 44.7 Å². The smallest absolute Gasteiger partial charge is 0.179 e. The molecular weight excluding hydrogens is 254 g/mol. The Morgan fingerprint density at radius 2 is 2.26 bits per heavy atom. The maximum absolute atomic E-state index is 5.53. The van der Waals surface area contributed by atoms with Crippen LogP contribution in [0.15, 0.2) is 12.3 Å². The number of nitrogens with zero attached hydrogens (tertiary/aromatic N) is 2. The van der Waals surface area contributed by atoms with E-state index in [4.69, 9.17) is 12.2 Å². The van der Waals surface area contributed by atoms with Crippen LogP contribution < -0.4 is 0 Å². The van der Waals surface area contributed by atoms with Gasteiger partial charge in [-0.05, 0) is 55.4 Å². The lowest BCUT2D eigenvalue weighted by Gasteiger charge is -2.21. The second-order valence-electron chi connectivity index (χ2n) is 5.86. The van der Waals surface area contributed by atoms with E-state index in [9.17, 15) is 0 Å². The van der Waals surface area contributed by atoms with Gasteiger partial charge >= 0.3 is 0 Å². The molecule has 2 aromatic rings. The standard InChI is InChI=1S/C15H21N3S/c1-4-11-5-6-13(10(11)3)18-14-12(17-15(18)19)7-9(2)8-16-14/h7-8,10-11,13H,4-6H2,1-3H3,(H,17,19). The van der Waals surface area contributed by atoms with Crippen molar-refractivity contribution in [2.45, 2.75) is 46.1 Å². The van der Waals surface area contributed by atoms with Crippen LogP contribution in [-0.2, 0) is 0 Å². The summed E-state index contributed by atoms with van der Waals surface area (Å²) in [6.07, 6.45) is 5.72. The topological polar surface area (TPSA) is 33.6 Å². The summed E-state index contributed by atoms with van der Waals surface area (Å²) in [5.41, 5.74) is 3.25. The average molecular weight is 275 g/mol. The Morgan fingerprint density at radius 1 is 1.47 bits per heavy atom. The van der Waals surface area contributed by atoms with Gasteiger partial charge in [0.15, 0.2) is 10.4 Å². The molecule has 0 spiro atoms. The fourth-order valence-electron chi connectivity index (χ4n) is 3.59. The predicted octanol–water partition coefficient (Wildman–Crippen LogP) is 4.40. The highest BCUT2D eigenvalue weighted by molar-refractivity contribution is 7.71. The molecule has 0 aliphatic heterocycles. The number of H-pyrrole nitrogens is 1. The number of fused-ring (bicyclic) bond motifs is 1. The van der Waals surface area contributed by atoms with Crippen LogP contribution in [0.3, 0.4) is 0 Å². The van der Waals surface area contributed by atoms with Crippen LogP contribution in [0.2, 0.25) is 0 Å².